The highest BCUT2D eigenvalue weighted by molar-refractivity contribution is 5.98. The maximum atomic E-state index is 13.4. The first-order valence-electron chi connectivity index (χ1n) is 7.45. The summed E-state index contributed by atoms with van der Waals surface area (Å²) in [5, 5.41) is 13.7. The molecule has 1 aliphatic rings. The standard InChI is InChI=1S/C15H18FN3O4/c1-2-17-14(20)10-4-3-7-18(9-10)15(21)12-8-11(16)5-6-13(12)19(22)23/h5-6,8,10H,2-4,7,9H2,1H3,(H,17,20)/t10-/m1/s1. The number of likely N-dealkylation sites (tertiary alicyclic amines) is 1. The van der Waals surface area contributed by atoms with Crippen molar-refractivity contribution in [2.24, 2.45) is 5.92 Å². The monoisotopic (exact) mass is 323 g/mol. The van der Waals surface area contributed by atoms with Crippen molar-refractivity contribution in [1.29, 1.82) is 0 Å². The fraction of sp³-hybridized carbons (Fsp3) is 0.467. The number of nitro groups is 1. The van der Waals surface area contributed by atoms with Gasteiger partial charge in [-0.15, -0.1) is 0 Å². The van der Waals surface area contributed by atoms with Crippen LogP contribution in [-0.2, 0) is 4.79 Å². The van der Waals surface area contributed by atoms with Gasteiger partial charge in [-0.05, 0) is 31.9 Å². The number of halogens is 1. The van der Waals surface area contributed by atoms with E-state index in [0.29, 0.717) is 25.9 Å². The molecule has 7 nitrogen and oxygen atoms in total. The molecule has 8 heteroatoms. The fourth-order valence-electron chi connectivity index (χ4n) is 2.70. The Hall–Kier alpha value is -2.51. The maximum Gasteiger partial charge on any atom is 0.282 e. The first kappa shape index (κ1) is 16.9. The number of nitro benzene ring substituents is 1. The van der Waals surface area contributed by atoms with Crippen LogP contribution in [-0.4, -0.2) is 41.3 Å². The summed E-state index contributed by atoms with van der Waals surface area (Å²) in [5.74, 6) is -1.82. The zero-order valence-electron chi connectivity index (χ0n) is 12.8. The Morgan fingerprint density at radius 2 is 2.22 bits per heavy atom. The summed E-state index contributed by atoms with van der Waals surface area (Å²) in [7, 11) is 0. The summed E-state index contributed by atoms with van der Waals surface area (Å²) in [5.41, 5.74) is -0.719. The van der Waals surface area contributed by atoms with Crippen molar-refractivity contribution in [3.05, 3.63) is 39.7 Å². The molecule has 0 radical (unpaired) electrons. The van der Waals surface area contributed by atoms with Gasteiger partial charge < -0.3 is 10.2 Å². The second-order valence-corrected chi connectivity index (χ2v) is 5.40. The number of nitrogens with one attached hydrogen (secondary N) is 1. The van der Waals surface area contributed by atoms with E-state index in [-0.39, 0.29) is 23.9 Å². The molecule has 1 heterocycles. The van der Waals surface area contributed by atoms with Crippen LogP contribution in [0.3, 0.4) is 0 Å². The van der Waals surface area contributed by atoms with E-state index in [1.165, 1.54) is 4.90 Å². The number of carbonyl (C=O) groups is 2. The van der Waals surface area contributed by atoms with Crippen LogP contribution in [0.2, 0.25) is 0 Å². The number of amides is 2. The number of piperidine rings is 1. The minimum Gasteiger partial charge on any atom is -0.356 e. The Morgan fingerprint density at radius 1 is 1.48 bits per heavy atom. The van der Waals surface area contributed by atoms with Crippen molar-refractivity contribution in [2.75, 3.05) is 19.6 Å². The molecule has 23 heavy (non-hydrogen) atoms. The molecule has 1 aromatic carbocycles. The van der Waals surface area contributed by atoms with Crippen LogP contribution in [0, 0.1) is 21.8 Å². The topological polar surface area (TPSA) is 92.6 Å². The lowest BCUT2D eigenvalue weighted by atomic mass is 9.96. The van der Waals surface area contributed by atoms with Gasteiger partial charge in [0.15, 0.2) is 0 Å². The molecule has 1 fully saturated rings. The van der Waals surface area contributed by atoms with E-state index in [1.807, 2.05) is 0 Å². The van der Waals surface area contributed by atoms with Crippen molar-refractivity contribution >= 4 is 17.5 Å². The van der Waals surface area contributed by atoms with Gasteiger partial charge in [-0.3, -0.25) is 19.7 Å². The third-order valence-corrected chi connectivity index (χ3v) is 3.82. The Kier molecular flexibility index (Phi) is 5.25. The molecule has 1 saturated heterocycles. The van der Waals surface area contributed by atoms with Gasteiger partial charge in [-0.25, -0.2) is 4.39 Å². The van der Waals surface area contributed by atoms with Crippen molar-refractivity contribution in [3.63, 3.8) is 0 Å². The van der Waals surface area contributed by atoms with Crippen LogP contribution < -0.4 is 5.32 Å². The first-order valence-corrected chi connectivity index (χ1v) is 7.45. The lowest BCUT2D eigenvalue weighted by molar-refractivity contribution is -0.385. The van der Waals surface area contributed by atoms with Crippen LogP contribution >= 0.6 is 0 Å². The maximum absolute atomic E-state index is 13.4. The zero-order chi connectivity index (χ0) is 17.0. The highest BCUT2D eigenvalue weighted by Crippen LogP contribution is 2.24. The third-order valence-electron chi connectivity index (χ3n) is 3.82. The molecule has 1 atom stereocenters. The molecular weight excluding hydrogens is 305 g/mol. The minimum atomic E-state index is -0.712. The highest BCUT2D eigenvalue weighted by Gasteiger charge is 2.31. The smallest absolute Gasteiger partial charge is 0.282 e. The van der Waals surface area contributed by atoms with Gasteiger partial charge in [0.25, 0.3) is 11.6 Å². The van der Waals surface area contributed by atoms with E-state index in [1.54, 1.807) is 6.92 Å². The summed E-state index contributed by atoms with van der Waals surface area (Å²) < 4.78 is 13.4. The van der Waals surface area contributed by atoms with E-state index < -0.39 is 22.3 Å². The molecule has 0 unspecified atom stereocenters. The molecule has 2 amide bonds. The number of carbonyl (C=O) groups excluding carboxylic acids is 2. The molecule has 0 spiro atoms. The van der Waals surface area contributed by atoms with Gasteiger partial charge in [0.05, 0.1) is 10.8 Å². The van der Waals surface area contributed by atoms with E-state index >= 15 is 0 Å². The summed E-state index contributed by atoms with van der Waals surface area (Å²) >= 11 is 0. The van der Waals surface area contributed by atoms with E-state index in [9.17, 15) is 24.1 Å². The Balaban J connectivity index is 2.21. The normalized spacial score (nSPS) is 17.7. The van der Waals surface area contributed by atoms with Gasteiger partial charge in [-0.1, -0.05) is 0 Å². The second-order valence-electron chi connectivity index (χ2n) is 5.40. The fourth-order valence-corrected chi connectivity index (χ4v) is 2.70. The van der Waals surface area contributed by atoms with Crippen LogP contribution in [0.5, 0.6) is 0 Å². The minimum absolute atomic E-state index is 0.140. The number of hydrogen-bond donors (Lipinski definition) is 1. The molecule has 0 aliphatic carbocycles. The number of rotatable bonds is 4. The summed E-state index contributed by atoms with van der Waals surface area (Å²) in [6.07, 6.45) is 1.28. The van der Waals surface area contributed by atoms with Crippen molar-refractivity contribution in [2.45, 2.75) is 19.8 Å². The molecule has 1 aliphatic heterocycles. The van der Waals surface area contributed by atoms with Crippen LogP contribution in [0.1, 0.15) is 30.1 Å². The number of nitrogens with zero attached hydrogens (tertiary/aromatic N) is 2. The van der Waals surface area contributed by atoms with E-state index in [0.717, 1.165) is 18.2 Å². The summed E-state index contributed by atoms with van der Waals surface area (Å²) in [6, 6.07) is 2.80. The van der Waals surface area contributed by atoms with Gasteiger partial charge in [0.2, 0.25) is 5.91 Å². The zero-order valence-corrected chi connectivity index (χ0v) is 12.8. The number of hydrogen-bond acceptors (Lipinski definition) is 4. The molecular formula is C15H18FN3O4. The lowest BCUT2D eigenvalue weighted by Crippen LogP contribution is -2.45. The van der Waals surface area contributed by atoms with Crippen LogP contribution in [0.4, 0.5) is 10.1 Å². The number of benzene rings is 1. The highest BCUT2D eigenvalue weighted by atomic mass is 19.1. The Bertz CT molecular complexity index is 635. The van der Waals surface area contributed by atoms with Crippen LogP contribution in [0.15, 0.2) is 18.2 Å². The quantitative estimate of drug-likeness (QED) is 0.674. The lowest BCUT2D eigenvalue weighted by Gasteiger charge is -2.32. The van der Waals surface area contributed by atoms with Crippen LogP contribution in [0.25, 0.3) is 0 Å². The summed E-state index contributed by atoms with van der Waals surface area (Å²) in [4.78, 5) is 36.1. The average Bonchev–Trinajstić information content (AvgIpc) is 2.54. The van der Waals surface area contributed by atoms with E-state index in [4.69, 9.17) is 0 Å². The van der Waals surface area contributed by atoms with Gasteiger partial charge >= 0.3 is 0 Å². The molecule has 0 saturated carbocycles. The molecule has 0 aromatic heterocycles. The van der Waals surface area contributed by atoms with Gasteiger partial charge in [-0.2, -0.15) is 0 Å². The Labute approximate surface area is 132 Å². The van der Waals surface area contributed by atoms with Gasteiger partial charge in [0.1, 0.15) is 11.4 Å². The molecule has 1 aromatic rings. The Morgan fingerprint density at radius 3 is 2.87 bits per heavy atom. The second kappa shape index (κ2) is 7.17. The first-order chi connectivity index (χ1) is 10.9. The third kappa shape index (κ3) is 3.82. The molecule has 124 valence electrons. The van der Waals surface area contributed by atoms with Crippen molar-refractivity contribution < 1.29 is 18.9 Å². The van der Waals surface area contributed by atoms with Gasteiger partial charge in [0, 0.05) is 25.7 Å². The van der Waals surface area contributed by atoms with Crippen molar-refractivity contribution in [1.82, 2.24) is 10.2 Å². The molecule has 0 bridgehead atoms. The van der Waals surface area contributed by atoms with Crippen molar-refractivity contribution in [3.8, 4) is 0 Å². The predicted octanol–water partition coefficient (Wildman–Crippen LogP) is 1.72. The largest absolute Gasteiger partial charge is 0.356 e. The van der Waals surface area contributed by atoms with E-state index in [2.05, 4.69) is 5.32 Å². The molecule has 2 rings (SSSR count). The molecule has 1 N–H and O–H groups in total. The predicted molar refractivity (Wildman–Crippen MR) is 80.4 cm³/mol. The average molecular weight is 323 g/mol. The SMILES string of the molecule is CCNC(=O)[C@@H]1CCCN(C(=O)c2cc(F)ccc2[N+](=O)[O-])C1. The summed E-state index contributed by atoms with van der Waals surface area (Å²) in [6.45, 7) is 2.87.